The Hall–Kier alpha value is -1.84. The van der Waals surface area contributed by atoms with Crippen molar-refractivity contribution in [2.45, 2.75) is 33.2 Å². The van der Waals surface area contributed by atoms with Gasteiger partial charge in [-0.3, -0.25) is 9.59 Å². The second kappa shape index (κ2) is 6.19. The van der Waals surface area contributed by atoms with Crippen LogP contribution in [0.2, 0.25) is 0 Å². The second-order valence-electron chi connectivity index (χ2n) is 4.41. The summed E-state index contributed by atoms with van der Waals surface area (Å²) in [6.07, 6.45) is -0.0849. The fraction of sp³-hybridized carbons (Fsp3) is 0.429. The number of hydrogen-bond acceptors (Lipinski definition) is 3. The Kier molecular flexibility index (Phi) is 4.89. The number of aryl methyl sites for hydroxylation is 1. The quantitative estimate of drug-likeness (QED) is 0.813. The third-order valence-corrected chi connectivity index (χ3v) is 2.64. The Labute approximate surface area is 107 Å². The zero-order chi connectivity index (χ0) is 13.7. The monoisotopic (exact) mass is 249 g/mol. The van der Waals surface area contributed by atoms with Crippen LogP contribution in [0.15, 0.2) is 18.2 Å². The van der Waals surface area contributed by atoms with E-state index in [0.29, 0.717) is 0 Å². The molecule has 1 N–H and O–H groups in total. The van der Waals surface area contributed by atoms with E-state index in [2.05, 4.69) is 5.32 Å². The molecule has 98 valence electrons. The molecule has 0 saturated heterocycles. The van der Waals surface area contributed by atoms with Crippen LogP contribution < -0.4 is 10.1 Å². The highest BCUT2D eigenvalue weighted by Gasteiger charge is 2.15. The summed E-state index contributed by atoms with van der Waals surface area (Å²) in [5.74, 6) is 0.325. The largest absolute Gasteiger partial charge is 0.496 e. The summed E-state index contributed by atoms with van der Waals surface area (Å²) in [6.45, 7) is 5.25. The van der Waals surface area contributed by atoms with Crippen LogP contribution in [0.3, 0.4) is 0 Å². The van der Waals surface area contributed by atoms with Crippen LogP contribution in [0.25, 0.3) is 0 Å². The van der Waals surface area contributed by atoms with Crippen molar-refractivity contribution in [1.82, 2.24) is 5.32 Å². The van der Waals surface area contributed by atoms with Crippen LogP contribution in [-0.4, -0.2) is 18.8 Å². The Balaban J connectivity index is 2.83. The molecular weight excluding hydrogens is 230 g/mol. The van der Waals surface area contributed by atoms with E-state index in [9.17, 15) is 9.59 Å². The number of nitrogens with one attached hydrogen (secondary N) is 1. The maximum Gasteiger partial charge on any atom is 0.227 e. The fourth-order valence-corrected chi connectivity index (χ4v) is 1.79. The van der Waals surface area contributed by atoms with Crippen molar-refractivity contribution in [3.05, 3.63) is 29.3 Å². The number of carbonyl (C=O) groups excluding carboxylic acids is 2. The van der Waals surface area contributed by atoms with Crippen molar-refractivity contribution >= 4 is 11.7 Å². The van der Waals surface area contributed by atoms with Crippen molar-refractivity contribution in [2.24, 2.45) is 0 Å². The summed E-state index contributed by atoms with van der Waals surface area (Å²) < 4.78 is 5.27. The number of ketones is 1. The van der Waals surface area contributed by atoms with Gasteiger partial charge < -0.3 is 10.1 Å². The lowest BCUT2D eigenvalue weighted by atomic mass is 10.0. The molecule has 4 heteroatoms. The van der Waals surface area contributed by atoms with Gasteiger partial charge in [-0.1, -0.05) is 17.7 Å². The van der Waals surface area contributed by atoms with Gasteiger partial charge in [0.1, 0.15) is 11.5 Å². The van der Waals surface area contributed by atoms with E-state index < -0.39 is 0 Å². The molecule has 1 aromatic carbocycles. The third-order valence-electron chi connectivity index (χ3n) is 2.64. The Bertz CT molecular complexity index is 454. The smallest absolute Gasteiger partial charge is 0.227 e. The first kappa shape index (κ1) is 14.2. The summed E-state index contributed by atoms with van der Waals surface area (Å²) >= 11 is 0. The predicted molar refractivity (Wildman–Crippen MR) is 69.6 cm³/mol. The van der Waals surface area contributed by atoms with Crippen LogP contribution in [0.5, 0.6) is 5.75 Å². The standard InChI is InChI=1S/C14H19NO3/c1-9-5-6-13(18-4)12(7-9)11(3)15-14(17)8-10(2)16/h5-7,11H,8H2,1-4H3,(H,15,17). The van der Waals surface area contributed by atoms with Crippen LogP contribution in [0.4, 0.5) is 0 Å². The number of Topliss-reactive ketones (excluding diaryl/α,β-unsaturated/α-hetero) is 1. The normalized spacial score (nSPS) is 11.8. The SMILES string of the molecule is COc1ccc(C)cc1C(C)NC(=O)CC(C)=O. The zero-order valence-corrected chi connectivity index (χ0v) is 11.2. The highest BCUT2D eigenvalue weighted by Crippen LogP contribution is 2.25. The van der Waals surface area contributed by atoms with Gasteiger partial charge in [-0.15, -0.1) is 0 Å². The number of benzene rings is 1. The number of carbonyl (C=O) groups is 2. The Morgan fingerprint density at radius 3 is 2.61 bits per heavy atom. The first-order valence-corrected chi connectivity index (χ1v) is 5.87. The minimum Gasteiger partial charge on any atom is -0.496 e. The molecule has 0 bridgehead atoms. The van der Waals surface area contributed by atoms with Crippen LogP contribution in [0.1, 0.15) is 37.4 Å². The maximum absolute atomic E-state index is 11.5. The molecule has 1 aromatic rings. The average Bonchev–Trinajstić information content (AvgIpc) is 2.27. The maximum atomic E-state index is 11.5. The Morgan fingerprint density at radius 1 is 1.39 bits per heavy atom. The van der Waals surface area contributed by atoms with Crippen LogP contribution >= 0.6 is 0 Å². The molecule has 0 radical (unpaired) electrons. The molecular formula is C14H19NO3. The summed E-state index contributed by atoms with van der Waals surface area (Å²) in [5, 5.41) is 2.79. The third kappa shape index (κ3) is 3.87. The summed E-state index contributed by atoms with van der Waals surface area (Å²) in [6, 6.07) is 5.61. The number of hydrogen-bond donors (Lipinski definition) is 1. The van der Waals surface area contributed by atoms with E-state index in [0.717, 1.165) is 16.9 Å². The number of ether oxygens (including phenoxy) is 1. The van der Waals surface area contributed by atoms with E-state index in [1.807, 2.05) is 32.0 Å². The molecule has 0 spiro atoms. The molecule has 0 saturated carbocycles. The van der Waals surface area contributed by atoms with Gasteiger partial charge in [0.2, 0.25) is 5.91 Å². The lowest BCUT2D eigenvalue weighted by molar-refractivity contribution is -0.127. The molecule has 0 aromatic heterocycles. The minimum absolute atomic E-state index is 0.0849. The van der Waals surface area contributed by atoms with Crippen molar-refractivity contribution in [2.75, 3.05) is 7.11 Å². The average molecular weight is 249 g/mol. The van der Waals surface area contributed by atoms with Gasteiger partial charge >= 0.3 is 0 Å². The Morgan fingerprint density at radius 2 is 2.06 bits per heavy atom. The predicted octanol–water partition coefficient (Wildman–Crippen LogP) is 2.16. The van der Waals surface area contributed by atoms with Crippen LogP contribution in [-0.2, 0) is 9.59 Å². The molecule has 1 rings (SSSR count). The topological polar surface area (TPSA) is 55.4 Å². The van der Waals surface area contributed by atoms with Crippen molar-refractivity contribution in [1.29, 1.82) is 0 Å². The molecule has 1 amide bonds. The summed E-state index contributed by atoms with van der Waals surface area (Å²) in [5.41, 5.74) is 2.01. The van der Waals surface area contributed by atoms with E-state index in [-0.39, 0.29) is 24.2 Å². The molecule has 0 aliphatic heterocycles. The molecule has 4 nitrogen and oxygen atoms in total. The van der Waals surface area contributed by atoms with Crippen molar-refractivity contribution < 1.29 is 14.3 Å². The zero-order valence-electron chi connectivity index (χ0n) is 11.2. The molecule has 1 unspecified atom stereocenters. The first-order valence-electron chi connectivity index (χ1n) is 5.87. The molecule has 0 heterocycles. The van der Waals surface area contributed by atoms with Gasteiger partial charge in [-0.2, -0.15) is 0 Å². The molecule has 0 aliphatic carbocycles. The molecule has 0 aliphatic rings. The minimum atomic E-state index is -0.265. The number of rotatable bonds is 5. The number of methoxy groups -OCH3 is 1. The van der Waals surface area contributed by atoms with E-state index in [1.54, 1.807) is 7.11 Å². The van der Waals surface area contributed by atoms with E-state index in [1.165, 1.54) is 6.92 Å². The highest BCUT2D eigenvalue weighted by atomic mass is 16.5. The van der Waals surface area contributed by atoms with Gasteiger partial charge in [0.05, 0.1) is 19.6 Å². The lowest BCUT2D eigenvalue weighted by Crippen LogP contribution is -2.28. The van der Waals surface area contributed by atoms with Gasteiger partial charge in [0.25, 0.3) is 0 Å². The second-order valence-corrected chi connectivity index (χ2v) is 4.41. The summed E-state index contributed by atoms with van der Waals surface area (Å²) in [7, 11) is 1.60. The van der Waals surface area contributed by atoms with Crippen molar-refractivity contribution in [3.8, 4) is 5.75 Å². The van der Waals surface area contributed by atoms with Crippen LogP contribution in [0, 0.1) is 6.92 Å². The molecule has 18 heavy (non-hydrogen) atoms. The highest BCUT2D eigenvalue weighted by molar-refractivity contribution is 5.96. The molecule has 1 atom stereocenters. The van der Waals surface area contributed by atoms with Gasteiger partial charge in [0, 0.05) is 5.56 Å². The number of amides is 1. The van der Waals surface area contributed by atoms with Gasteiger partial charge in [-0.25, -0.2) is 0 Å². The van der Waals surface area contributed by atoms with Crippen molar-refractivity contribution in [3.63, 3.8) is 0 Å². The van der Waals surface area contributed by atoms with Gasteiger partial charge in [-0.05, 0) is 26.8 Å². The lowest BCUT2D eigenvalue weighted by Gasteiger charge is -2.17. The summed E-state index contributed by atoms with van der Waals surface area (Å²) in [4.78, 5) is 22.4. The first-order chi connectivity index (χ1) is 8.43. The molecule has 0 fully saturated rings. The van der Waals surface area contributed by atoms with E-state index in [4.69, 9.17) is 4.74 Å². The van der Waals surface area contributed by atoms with E-state index >= 15 is 0 Å². The van der Waals surface area contributed by atoms with Gasteiger partial charge in [0.15, 0.2) is 0 Å². The fourth-order valence-electron chi connectivity index (χ4n) is 1.79.